The molecule has 0 aromatic carbocycles. The highest BCUT2D eigenvalue weighted by atomic mass is 31.2. The van der Waals surface area contributed by atoms with Crippen LogP contribution in [0.1, 0.15) is 350 Å². The van der Waals surface area contributed by atoms with Gasteiger partial charge in [-0.3, -0.25) is 37.3 Å². The van der Waals surface area contributed by atoms with Crippen LogP contribution in [0.25, 0.3) is 0 Å². The first-order chi connectivity index (χ1) is 42.4. The van der Waals surface area contributed by atoms with Crippen LogP contribution in [0.3, 0.4) is 0 Å². The van der Waals surface area contributed by atoms with Crippen LogP contribution >= 0.6 is 15.6 Å². The molecule has 0 saturated carbocycles. The molecule has 0 aliphatic carbocycles. The quantitative estimate of drug-likeness (QED) is 0.0222. The fourth-order valence-corrected chi connectivity index (χ4v) is 12.0. The molecule has 17 nitrogen and oxygen atoms in total. The molecule has 0 aromatic rings. The Bertz CT molecular complexity index is 1720. The lowest BCUT2D eigenvalue weighted by molar-refractivity contribution is -0.161. The van der Waals surface area contributed by atoms with Gasteiger partial charge in [-0.1, -0.05) is 298 Å². The molecule has 0 radical (unpaired) electrons. The van der Waals surface area contributed by atoms with Gasteiger partial charge in [0.1, 0.15) is 19.3 Å². The number of rotatable bonds is 68. The van der Waals surface area contributed by atoms with E-state index in [1.807, 2.05) is 0 Å². The Morgan fingerprint density at radius 2 is 0.523 bits per heavy atom. The van der Waals surface area contributed by atoms with Gasteiger partial charge in [0.2, 0.25) is 0 Å². The van der Waals surface area contributed by atoms with Crippen molar-refractivity contribution >= 4 is 39.5 Å². The van der Waals surface area contributed by atoms with Gasteiger partial charge in [0.05, 0.1) is 26.4 Å². The molecule has 0 aliphatic heterocycles. The summed E-state index contributed by atoms with van der Waals surface area (Å²) in [6.45, 7) is 9.51. The Kier molecular flexibility index (Phi) is 59.9. The normalized spacial score (nSPS) is 14.2. The molecule has 0 heterocycles. The molecule has 0 aliphatic rings. The van der Waals surface area contributed by atoms with Crippen molar-refractivity contribution in [1.29, 1.82) is 0 Å². The lowest BCUT2D eigenvalue weighted by atomic mass is 10.0. The van der Waals surface area contributed by atoms with E-state index in [-0.39, 0.29) is 25.7 Å². The van der Waals surface area contributed by atoms with Gasteiger partial charge in [0.25, 0.3) is 0 Å². The Morgan fingerprint density at radius 3 is 0.773 bits per heavy atom. The minimum Gasteiger partial charge on any atom is -0.462 e. The standard InChI is InChI=1S/C69H134O17P2/c1-7-9-11-13-15-16-17-22-29-35-41-47-53-68(73)85-64(57-79-66(71)51-45-39-31-14-12-10-8-2)59-83-87(75,76)81-55-63(70)56-82-88(77,78)84-60-65(58-80-67(72)52-46-40-34-28-25-24-27-33-38-44-50-62(5)6)86-69(74)54-48-42-36-30-23-20-18-19-21-26-32-37-43-49-61(3)4/h61-65,70H,7-60H2,1-6H3,(H,75,76)(H,77,78)/t63-,64+,65+/m0/s1. The summed E-state index contributed by atoms with van der Waals surface area (Å²) in [4.78, 5) is 72.4. The van der Waals surface area contributed by atoms with Crippen molar-refractivity contribution in [3.8, 4) is 0 Å². The number of carbonyl (C=O) groups excluding carboxylic acids is 4. The van der Waals surface area contributed by atoms with Gasteiger partial charge in [-0.2, -0.15) is 0 Å². The Labute approximate surface area is 537 Å². The van der Waals surface area contributed by atoms with E-state index in [1.54, 1.807) is 0 Å². The van der Waals surface area contributed by atoms with Gasteiger partial charge in [-0.15, -0.1) is 0 Å². The number of carbonyl (C=O) groups is 4. The van der Waals surface area contributed by atoms with Crippen molar-refractivity contribution in [2.45, 2.75) is 368 Å². The van der Waals surface area contributed by atoms with Crippen molar-refractivity contribution in [1.82, 2.24) is 0 Å². The summed E-state index contributed by atoms with van der Waals surface area (Å²) < 4.78 is 68.2. The first-order valence-corrected chi connectivity index (χ1v) is 39.0. The maximum Gasteiger partial charge on any atom is 0.472 e. The Balaban J connectivity index is 5.21. The number of hydrogen-bond acceptors (Lipinski definition) is 15. The lowest BCUT2D eigenvalue weighted by Crippen LogP contribution is -2.30. The zero-order valence-corrected chi connectivity index (χ0v) is 58.8. The molecule has 0 saturated heterocycles. The highest BCUT2D eigenvalue weighted by Gasteiger charge is 2.30. The second-order valence-corrected chi connectivity index (χ2v) is 28.8. The highest BCUT2D eigenvalue weighted by molar-refractivity contribution is 7.47. The maximum atomic E-state index is 13.0. The van der Waals surface area contributed by atoms with Crippen LogP contribution < -0.4 is 0 Å². The predicted octanol–water partition coefficient (Wildman–Crippen LogP) is 19.6. The van der Waals surface area contributed by atoms with Gasteiger partial charge in [0.15, 0.2) is 12.2 Å². The summed E-state index contributed by atoms with van der Waals surface area (Å²) in [5, 5.41) is 10.6. The molecule has 0 bridgehead atoms. The summed E-state index contributed by atoms with van der Waals surface area (Å²) in [6, 6.07) is 0. The van der Waals surface area contributed by atoms with Gasteiger partial charge < -0.3 is 33.8 Å². The first kappa shape index (κ1) is 86.1. The van der Waals surface area contributed by atoms with Crippen molar-refractivity contribution in [2.75, 3.05) is 39.6 Å². The third-order valence-corrected chi connectivity index (χ3v) is 17.9. The predicted molar refractivity (Wildman–Crippen MR) is 354 cm³/mol. The number of phosphoric ester groups is 2. The average molecular weight is 1300 g/mol. The van der Waals surface area contributed by atoms with Crippen molar-refractivity contribution in [2.24, 2.45) is 11.8 Å². The van der Waals surface area contributed by atoms with E-state index in [0.717, 1.165) is 115 Å². The summed E-state index contributed by atoms with van der Waals surface area (Å²) in [7, 11) is -9.89. The first-order valence-electron chi connectivity index (χ1n) is 36.0. The molecule has 0 rings (SSSR count). The van der Waals surface area contributed by atoms with E-state index in [9.17, 15) is 43.2 Å². The van der Waals surface area contributed by atoms with Gasteiger partial charge in [0, 0.05) is 25.7 Å². The zero-order valence-electron chi connectivity index (χ0n) is 57.0. The second-order valence-electron chi connectivity index (χ2n) is 25.9. The van der Waals surface area contributed by atoms with Gasteiger partial charge >= 0.3 is 39.5 Å². The van der Waals surface area contributed by atoms with Crippen molar-refractivity contribution in [3.63, 3.8) is 0 Å². The topological polar surface area (TPSA) is 237 Å². The number of phosphoric acid groups is 2. The van der Waals surface area contributed by atoms with Gasteiger partial charge in [-0.05, 0) is 37.5 Å². The zero-order chi connectivity index (χ0) is 65.0. The molecule has 0 spiro atoms. The number of unbranched alkanes of at least 4 members (excludes halogenated alkanes) is 38. The third-order valence-electron chi connectivity index (χ3n) is 16.0. The number of esters is 4. The maximum absolute atomic E-state index is 13.0. The van der Waals surface area contributed by atoms with Crippen LogP contribution in [-0.2, 0) is 65.4 Å². The number of hydrogen-bond donors (Lipinski definition) is 3. The van der Waals surface area contributed by atoms with E-state index in [1.165, 1.54) is 154 Å². The molecule has 19 heteroatoms. The molecular weight excluding hydrogens is 1160 g/mol. The summed E-state index contributed by atoms with van der Waals surface area (Å²) in [6.07, 6.45) is 45.8. The van der Waals surface area contributed by atoms with Gasteiger partial charge in [-0.25, -0.2) is 9.13 Å². The van der Waals surface area contributed by atoms with E-state index in [0.29, 0.717) is 25.7 Å². The Hall–Kier alpha value is -1.94. The largest absolute Gasteiger partial charge is 0.472 e. The molecule has 0 fully saturated rings. The number of aliphatic hydroxyl groups excluding tert-OH is 1. The van der Waals surface area contributed by atoms with Crippen molar-refractivity contribution < 1.29 is 80.2 Å². The molecule has 522 valence electrons. The number of aliphatic hydroxyl groups is 1. The third kappa shape index (κ3) is 62.8. The summed E-state index contributed by atoms with van der Waals surface area (Å²) in [5.41, 5.74) is 0. The molecule has 2 unspecified atom stereocenters. The fraction of sp³-hybridized carbons (Fsp3) is 0.942. The summed E-state index contributed by atoms with van der Waals surface area (Å²) >= 11 is 0. The minimum atomic E-state index is -4.95. The van der Waals surface area contributed by atoms with Crippen LogP contribution in [0.5, 0.6) is 0 Å². The van der Waals surface area contributed by atoms with E-state index < -0.39 is 97.5 Å². The van der Waals surface area contributed by atoms with Crippen LogP contribution in [0.15, 0.2) is 0 Å². The lowest BCUT2D eigenvalue weighted by Gasteiger charge is -2.21. The summed E-state index contributed by atoms with van der Waals surface area (Å²) in [5.74, 6) is -0.584. The molecule has 0 amide bonds. The molecule has 0 aromatic heterocycles. The SMILES string of the molecule is CCCCCCCCCCCCCCC(=O)O[C@H](COC(=O)CCCCCCCCC)COP(=O)(O)OC[C@H](O)COP(=O)(O)OC[C@@H](COC(=O)CCCCCCCCCCCCC(C)C)OC(=O)CCCCCCCCCCCCCCCC(C)C. The van der Waals surface area contributed by atoms with E-state index >= 15 is 0 Å². The number of ether oxygens (including phenoxy) is 4. The van der Waals surface area contributed by atoms with E-state index in [4.69, 9.17) is 37.0 Å². The van der Waals surface area contributed by atoms with Crippen LogP contribution in [0.2, 0.25) is 0 Å². The van der Waals surface area contributed by atoms with Crippen LogP contribution in [0.4, 0.5) is 0 Å². The monoisotopic (exact) mass is 1300 g/mol. The molecule has 88 heavy (non-hydrogen) atoms. The van der Waals surface area contributed by atoms with Crippen LogP contribution in [0, 0.1) is 11.8 Å². The second kappa shape index (κ2) is 61.3. The van der Waals surface area contributed by atoms with Crippen molar-refractivity contribution in [3.05, 3.63) is 0 Å². The fourth-order valence-electron chi connectivity index (χ4n) is 10.4. The molecule has 5 atom stereocenters. The Morgan fingerprint density at radius 1 is 0.307 bits per heavy atom. The smallest absolute Gasteiger partial charge is 0.462 e. The molecule has 3 N–H and O–H groups in total. The average Bonchev–Trinajstić information content (AvgIpc) is 3.66. The van der Waals surface area contributed by atoms with E-state index in [2.05, 4.69) is 41.5 Å². The van der Waals surface area contributed by atoms with Crippen LogP contribution in [-0.4, -0.2) is 96.7 Å². The molecular formula is C69H134O17P2. The minimum absolute atomic E-state index is 0.107. The highest BCUT2D eigenvalue weighted by Crippen LogP contribution is 2.45.